The Morgan fingerprint density at radius 2 is 1.82 bits per heavy atom. The van der Waals surface area contributed by atoms with Crippen molar-refractivity contribution >= 4 is 33.9 Å². The van der Waals surface area contributed by atoms with Crippen LogP contribution in [0, 0.1) is 0 Å². The smallest absolute Gasteiger partial charge is 0.239 e. The number of benzene rings is 1. The fourth-order valence-corrected chi connectivity index (χ4v) is 5.98. The van der Waals surface area contributed by atoms with Gasteiger partial charge in [0.2, 0.25) is 11.9 Å². The van der Waals surface area contributed by atoms with Crippen molar-refractivity contribution in [2.24, 2.45) is 7.05 Å². The highest BCUT2D eigenvalue weighted by molar-refractivity contribution is 5.86. The Morgan fingerprint density at radius 3 is 2.58 bits per heavy atom. The van der Waals surface area contributed by atoms with E-state index < -0.39 is 0 Å². The molecule has 3 aromatic heterocycles. The normalized spacial score (nSPS) is 19.3. The first-order chi connectivity index (χ1) is 18.6. The van der Waals surface area contributed by atoms with Crippen LogP contribution < -0.4 is 4.90 Å². The number of carbonyl (C=O) groups is 1. The summed E-state index contributed by atoms with van der Waals surface area (Å²) in [5.74, 6) is 3.66. The third-order valence-corrected chi connectivity index (χ3v) is 8.09. The second-order valence-corrected chi connectivity index (χ2v) is 10.5. The SMILES string of the molecule is CCc1nc2ccccc2n1-c1nc(N2CCOCC2)c2nc(CN3CC(N4CCCC4=O)C3)n(C)c2n1. The van der Waals surface area contributed by atoms with Gasteiger partial charge in [-0.3, -0.25) is 14.3 Å². The van der Waals surface area contributed by atoms with E-state index in [9.17, 15) is 4.79 Å². The highest BCUT2D eigenvalue weighted by atomic mass is 16.5. The van der Waals surface area contributed by atoms with Gasteiger partial charge in [-0.15, -0.1) is 0 Å². The lowest BCUT2D eigenvalue weighted by atomic mass is 10.1. The Morgan fingerprint density at radius 1 is 1.00 bits per heavy atom. The van der Waals surface area contributed by atoms with Gasteiger partial charge < -0.3 is 19.1 Å². The van der Waals surface area contributed by atoms with Crippen molar-refractivity contribution in [3.63, 3.8) is 0 Å². The van der Waals surface area contributed by atoms with Gasteiger partial charge in [0.25, 0.3) is 0 Å². The second kappa shape index (κ2) is 9.32. The van der Waals surface area contributed by atoms with E-state index in [1.54, 1.807) is 0 Å². The molecule has 0 atom stereocenters. The maximum Gasteiger partial charge on any atom is 0.239 e. The molecule has 0 spiro atoms. The minimum Gasteiger partial charge on any atom is -0.378 e. The highest BCUT2D eigenvalue weighted by Gasteiger charge is 2.37. The molecule has 198 valence electrons. The molecule has 0 aliphatic carbocycles. The van der Waals surface area contributed by atoms with Crippen LogP contribution in [0.3, 0.4) is 0 Å². The van der Waals surface area contributed by atoms with Crippen LogP contribution in [0.25, 0.3) is 28.1 Å². The van der Waals surface area contributed by atoms with E-state index in [0.717, 1.165) is 91.8 Å². The number of anilines is 1. The predicted molar refractivity (Wildman–Crippen MR) is 143 cm³/mol. The third kappa shape index (κ3) is 3.83. The summed E-state index contributed by atoms with van der Waals surface area (Å²) in [7, 11) is 2.04. The molecular weight excluding hydrogens is 482 g/mol. The average Bonchev–Trinajstić information content (AvgIpc) is 3.61. The molecule has 3 fully saturated rings. The first kappa shape index (κ1) is 23.5. The largest absolute Gasteiger partial charge is 0.378 e. The van der Waals surface area contributed by atoms with Gasteiger partial charge in [0.05, 0.1) is 36.8 Å². The number of morpholine rings is 1. The monoisotopic (exact) mass is 515 g/mol. The molecule has 1 amide bonds. The number of ether oxygens (including phenoxy) is 1. The summed E-state index contributed by atoms with van der Waals surface area (Å²) in [6, 6.07) is 8.47. The van der Waals surface area contributed by atoms with Crippen molar-refractivity contribution < 1.29 is 9.53 Å². The molecule has 0 saturated carbocycles. The molecule has 0 radical (unpaired) electrons. The zero-order valence-corrected chi connectivity index (χ0v) is 22.0. The van der Waals surface area contributed by atoms with Gasteiger partial charge in [0.1, 0.15) is 11.6 Å². The number of aryl methyl sites for hydroxylation is 2. The van der Waals surface area contributed by atoms with Crippen molar-refractivity contribution in [3.8, 4) is 5.95 Å². The molecule has 4 aromatic rings. The van der Waals surface area contributed by atoms with E-state index >= 15 is 0 Å². The van der Waals surface area contributed by atoms with Crippen LogP contribution in [0.4, 0.5) is 5.82 Å². The van der Waals surface area contributed by atoms with Gasteiger partial charge in [0, 0.05) is 52.6 Å². The Labute approximate surface area is 221 Å². The Kier molecular flexibility index (Phi) is 5.77. The molecule has 0 N–H and O–H groups in total. The fourth-order valence-electron chi connectivity index (χ4n) is 5.98. The van der Waals surface area contributed by atoms with Gasteiger partial charge in [-0.1, -0.05) is 19.1 Å². The number of fused-ring (bicyclic) bond motifs is 2. The van der Waals surface area contributed by atoms with Crippen molar-refractivity contribution in [2.75, 3.05) is 50.8 Å². The number of carbonyl (C=O) groups excluding carboxylic acids is 1. The highest BCUT2D eigenvalue weighted by Crippen LogP contribution is 2.30. The number of nitrogens with zero attached hydrogens (tertiary/aromatic N) is 9. The molecule has 11 heteroatoms. The van der Waals surface area contributed by atoms with Gasteiger partial charge in [-0.05, 0) is 18.6 Å². The molecule has 38 heavy (non-hydrogen) atoms. The predicted octanol–water partition coefficient (Wildman–Crippen LogP) is 1.91. The molecule has 3 saturated heterocycles. The van der Waals surface area contributed by atoms with E-state index in [1.807, 2.05) is 25.2 Å². The second-order valence-electron chi connectivity index (χ2n) is 10.5. The summed E-state index contributed by atoms with van der Waals surface area (Å²) in [4.78, 5) is 38.9. The number of amides is 1. The fraction of sp³-hybridized carbons (Fsp3) is 0.519. The number of aromatic nitrogens is 6. The summed E-state index contributed by atoms with van der Waals surface area (Å²) in [5.41, 5.74) is 3.58. The van der Waals surface area contributed by atoms with Crippen LogP contribution in [-0.4, -0.2) is 96.8 Å². The lowest BCUT2D eigenvalue weighted by molar-refractivity contribution is -0.133. The zero-order valence-electron chi connectivity index (χ0n) is 22.0. The minimum atomic E-state index is 0.300. The van der Waals surface area contributed by atoms with Gasteiger partial charge >= 0.3 is 0 Å². The molecule has 3 aliphatic heterocycles. The summed E-state index contributed by atoms with van der Waals surface area (Å²) < 4.78 is 9.82. The lowest BCUT2D eigenvalue weighted by Gasteiger charge is -2.43. The van der Waals surface area contributed by atoms with Crippen LogP contribution >= 0.6 is 0 Å². The molecule has 7 rings (SSSR count). The maximum absolute atomic E-state index is 12.1. The molecule has 3 aliphatic rings. The maximum atomic E-state index is 12.1. The first-order valence-corrected chi connectivity index (χ1v) is 13.6. The Balaban J connectivity index is 1.28. The Hall–Kier alpha value is -3.57. The summed E-state index contributed by atoms with van der Waals surface area (Å²) in [6.45, 7) is 8.37. The summed E-state index contributed by atoms with van der Waals surface area (Å²) in [5, 5.41) is 0. The molecular formula is C27H33N9O2. The lowest BCUT2D eigenvalue weighted by Crippen LogP contribution is -2.59. The van der Waals surface area contributed by atoms with Crippen LogP contribution in [-0.2, 0) is 29.5 Å². The number of likely N-dealkylation sites (tertiary alicyclic amines) is 2. The number of hydrogen-bond donors (Lipinski definition) is 0. The molecule has 0 unspecified atom stereocenters. The standard InChI is InChI=1S/C27H33N9O2/c1-3-21-28-19-7-4-5-8-20(19)36(21)27-30-25-24(26(31-27)34-11-13-38-14-12-34)29-22(32(25)2)17-33-15-18(16-33)35-10-6-9-23(35)37/h4-5,7-8,18H,3,6,9-17H2,1-2H3. The van der Waals surface area contributed by atoms with Crippen LogP contribution in [0.15, 0.2) is 24.3 Å². The van der Waals surface area contributed by atoms with Gasteiger partial charge in [-0.25, -0.2) is 9.97 Å². The number of rotatable bonds is 6. The van der Waals surface area contributed by atoms with E-state index in [0.29, 0.717) is 37.5 Å². The Bertz CT molecular complexity index is 1510. The summed E-state index contributed by atoms with van der Waals surface area (Å²) in [6.07, 6.45) is 2.45. The molecule has 1 aromatic carbocycles. The van der Waals surface area contributed by atoms with Crippen LogP contribution in [0.5, 0.6) is 0 Å². The number of para-hydroxylation sites is 2. The van der Waals surface area contributed by atoms with E-state index in [1.165, 1.54) is 0 Å². The first-order valence-electron chi connectivity index (χ1n) is 13.6. The van der Waals surface area contributed by atoms with Gasteiger partial charge in [0.15, 0.2) is 17.0 Å². The van der Waals surface area contributed by atoms with Crippen molar-refractivity contribution in [3.05, 3.63) is 35.9 Å². The van der Waals surface area contributed by atoms with E-state index in [4.69, 9.17) is 24.7 Å². The average molecular weight is 516 g/mol. The molecule has 6 heterocycles. The van der Waals surface area contributed by atoms with E-state index in [2.05, 4.69) is 36.8 Å². The zero-order chi connectivity index (χ0) is 25.8. The van der Waals surface area contributed by atoms with Crippen molar-refractivity contribution in [1.82, 2.24) is 38.9 Å². The molecule has 11 nitrogen and oxygen atoms in total. The topological polar surface area (TPSA) is 97.4 Å². The van der Waals surface area contributed by atoms with Crippen LogP contribution in [0.1, 0.15) is 31.4 Å². The quantitative estimate of drug-likeness (QED) is 0.384. The van der Waals surface area contributed by atoms with Crippen LogP contribution in [0.2, 0.25) is 0 Å². The van der Waals surface area contributed by atoms with Crippen molar-refractivity contribution in [1.29, 1.82) is 0 Å². The van der Waals surface area contributed by atoms with E-state index in [-0.39, 0.29) is 0 Å². The molecule has 0 bridgehead atoms. The number of imidazole rings is 2. The third-order valence-electron chi connectivity index (χ3n) is 8.09. The summed E-state index contributed by atoms with van der Waals surface area (Å²) >= 11 is 0. The minimum absolute atomic E-state index is 0.300. The van der Waals surface area contributed by atoms with Crippen molar-refractivity contribution in [2.45, 2.75) is 38.8 Å². The van der Waals surface area contributed by atoms with Gasteiger partial charge in [-0.2, -0.15) is 9.97 Å². The number of hydrogen-bond acceptors (Lipinski definition) is 8.